The molecule has 18 heavy (non-hydrogen) atoms. The number of hydrogen-bond acceptors (Lipinski definition) is 4. The van der Waals surface area contributed by atoms with Gasteiger partial charge in [-0.15, -0.1) is 0 Å². The van der Waals surface area contributed by atoms with Crippen LogP contribution in [0, 0.1) is 5.92 Å². The molecule has 0 aliphatic heterocycles. The van der Waals surface area contributed by atoms with Crippen molar-refractivity contribution < 1.29 is 14.3 Å². The van der Waals surface area contributed by atoms with Crippen LogP contribution in [0.4, 0.5) is 0 Å². The van der Waals surface area contributed by atoms with Crippen molar-refractivity contribution in [2.75, 3.05) is 0 Å². The summed E-state index contributed by atoms with van der Waals surface area (Å²) in [5, 5.41) is 9.02. The molecule has 92 valence electrons. The van der Waals surface area contributed by atoms with Crippen LogP contribution in [0.5, 0.6) is 0 Å². The number of carbonyl (C=O) groups is 1. The molecule has 0 saturated carbocycles. The van der Waals surface area contributed by atoms with Crippen LogP contribution < -0.4 is 0 Å². The second-order valence-electron chi connectivity index (χ2n) is 4.38. The fraction of sp³-hybridized carbons (Fsp3) is 0.308. The Kier molecular flexibility index (Phi) is 2.59. The van der Waals surface area contributed by atoms with E-state index >= 15 is 0 Å². The van der Waals surface area contributed by atoms with E-state index in [4.69, 9.17) is 9.52 Å². The number of hydrogen-bond donors (Lipinski definition) is 1. The zero-order valence-electron chi connectivity index (χ0n) is 9.67. The van der Waals surface area contributed by atoms with Gasteiger partial charge in [-0.25, -0.2) is 4.98 Å². The third-order valence-electron chi connectivity index (χ3n) is 3.17. The predicted octanol–water partition coefficient (Wildman–Crippen LogP) is 1.93. The molecule has 0 bridgehead atoms. The smallest absolute Gasteiger partial charge is 0.306 e. The summed E-state index contributed by atoms with van der Waals surface area (Å²) in [6.07, 6.45) is 3.37. The Morgan fingerprint density at radius 1 is 1.44 bits per heavy atom. The Balaban J connectivity index is 1.92. The molecule has 3 rings (SSSR count). The quantitative estimate of drug-likeness (QED) is 0.873. The first-order valence-electron chi connectivity index (χ1n) is 5.87. The molecule has 0 aromatic carbocycles. The number of aromatic nitrogens is 2. The van der Waals surface area contributed by atoms with Gasteiger partial charge in [0.25, 0.3) is 0 Å². The summed E-state index contributed by atoms with van der Waals surface area (Å²) < 4.78 is 5.65. The topological polar surface area (TPSA) is 76.2 Å². The van der Waals surface area contributed by atoms with E-state index in [0.29, 0.717) is 30.8 Å². The Bertz CT molecular complexity index is 577. The number of aryl methyl sites for hydroxylation is 1. The second-order valence-corrected chi connectivity index (χ2v) is 4.38. The highest BCUT2D eigenvalue weighted by Crippen LogP contribution is 2.29. The van der Waals surface area contributed by atoms with Crippen LogP contribution in [-0.2, 0) is 17.6 Å². The van der Waals surface area contributed by atoms with Crippen LogP contribution in [0.15, 0.2) is 28.8 Å². The largest absolute Gasteiger partial charge is 0.481 e. The summed E-state index contributed by atoms with van der Waals surface area (Å²) in [7, 11) is 0. The summed E-state index contributed by atoms with van der Waals surface area (Å²) in [6.45, 7) is 0. The van der Waals surface area contributed by atoms with Gasteiger partial charge in [0.1, 0.15) is 11.5 Å². The molecule has 2 heterocycles. The lowest BCUT2D eigenvalue weighted by atomic mass is 9.90. The van der Waals surface area contributed by atoms with E-state index in [1.54, 1.807) is 6.20 Å². The molecule has 1 unspecified atom stereocenters. The standard InChI is InChI=1S/C13H12N2O3/c16-13(17)8-4-5-11-10(7-8)15-12(18-11)9-3-1-2-6-14-9/h1-3,6,8H,4-5,7H2,(H,16,17). The van der Waals surface area contributed by atoms with Gasteiger partial charge in [-0.05, 0) is 18.6 Å². The molecule has 0 saturated heterocycles. The number of carboxylic acid groups (broad SMARTS) is 1. The monoisotopic (exact) mass is 244 g/mol. The Hall–Kier alpha value is -2.17. The van der Waals surface area contributed by atoms with E-state index in [9.17, 15) is 4.79 Å². The molecule has 0 fully saturated rings. The van der Waals surface area contributed by atoms with Crippen LogP contribution in [0.3, 0.4) is 0 Å². The molecule has 0 radical (unpaired) electrons. The number of carboxylic acids is 1. The summed E-state index contributed by atoms with van der Waals surface area (Å²) in [5.74, 6) is 0.169. The Morgan fingerprint density at radius 2 is 2.33 bits per heavy atom. The second kappa shape index (κ2) is 4.25. The van der Waals surface area contributed by atoms with Crippen LogP contribution in [-0.4, -0.2) is 21.0 Å². The summed E-state index contributed by atoms with van der Waals surface area (Å²) >= 11 is 0. The van der Waals surface area contributed by atoms with E-state index in [1.165, 1.54) is 0 Å². The highest BCUT2D eigenvalue weighted by atomic mass is 16.4. The maximum Gasteiger partial charge on any atom is 0.306 e. The molecule has 1 aliphatic carbocycles. The highest BCUT2D eigenvalue weighted by molar-refractivity contribution is 5.70. The number of rotatable bonds is 2. The fourth-order valence-electron chi connectivity index (χ4n) is 2.19. The normalized spacial score (nSPS) is 18.3. The summed E-state index contributed by atoms with van der Waals surface area (Å²) in [4.78, 5) is 19.5. The Labute approximate surface area is 103 Å². The number of nitrogens with zero attached hydrogens (tertiary/aromatic N) is 2. The van der Waals surface area contributed by atoms with Crippen molar-refractivity contribution >= 4 is 5.97 Å². The molecule has 1 N–H and O–H groups in total. The van der Waals surface area contributed by atoms with Crippen molar-refractivity contribution in [2.45, 2.75) is 19.3 Å². The number of aliphatic carboxylic acids is 1. The molecule has 2 aromatic rings. The highest BCUT2D eigenvalue weighted by Gasteiger charge is 2.28. The fourth-order valence-corrected chi connectivity index (χ4v) is 2.19. The molecular formula is C13H12N2O3. The van der Waals surface area contributed by atoms with Crippen molar-refractivity contribution in [3.8, 4) is 11.6 Å². The predicted molar refractivity (Wildman–Crippen MR) is 62.9 cm³/mol. The van der Waals surface area contributed by atoms with E-state index < -0.39 is 5.97 Å². The maximum atomic E-state index is 11.0. The van der Waals surface area contributed by atoms with Gasteiger partial charge in [-0.3, -0.25) is 9.78 Å². The molecule has 0 spiro atoms. The lowest BCUT2D eigenvalue weighted by Gasteiger charge is -2.15. The lowest BCUT2D eigenvalue weighted by Crippen LogP contribution is -2.21. The molecule has 5 nitrogen and oxygen atoms in total. The minimum Gasteiger partial charge on any atom is -0.481 e. The van der Waals surface area contributed by atoms with E-state index in [2.05, 4.69) is 9.97 Å². The van der Waals surface area contributed by atoms with Crippen LogP contribution in [0.2, 0.25) is 0 Å². The SMILES string of the molecule is O=C(O)C1CCc2oc(-c3ccccn3)nc2C1. The molecular weight excluding hydrogens is 232 g/mol. The molecule has 0 amide bonds. The minimum absolute atomic E-state index is 0.348. The average Bonchev–Trinajstić information content (AvgIpc) is 2.82. The van der Waals surface area contributed by atoms with Gasteiger partial charge < -0.3 is 9.52 Å². The van der Waals surface area contributed by atoms with Gasteiger partial charge in [0.2, 0.25) is 5.89 Å². The minimum atomic E-state index is -0.761. The number of pyridine rings is 1. The van der Waals surface area contributed by atoms with Crippen LogP contribution >= 0.6 is 0 Å². The van der Waals surface area contributed by atoms with Gasteiger partial charge in [0.05, 0.1) is 11.6 Å². The first-order valence-corrected chi connectivity index (χ1v) is 5.87. The van der Waals surface area contributed by atoms with Crippen molar-refractivity contribution in [1.82, 2.24) is 9.97 Å². The van der Waals surface area contributed by atoms with Crippen LogP contribution in [0.1, 0.15) is 17.9 Å². The summed E-state index contributed by atoms with van der Waals surface area (Å²) in [6, 6.07) is 5.52. The Morgan fingerprint density at radius 3 is 3.06 bits per heavy atom. The van der Waals surface area contributed by atoms with Gasteiger partial charge in [-0.2, -0.15) is 0 Å². The number of oxazole rings is 1. The van der Waals surface area contributed by atoms with Crippen molar-refractivity contribution in [1.29, 1.82) is 0 Å². The van der Waals surface area contributed by atoms with Crippen molar-refractivity contribution in [3.05, 3.63) is 35.9 Å². The van der Waals surface area contributed by atoms with Gasteiger partial charge >= 0.3 is 5.97 Å². The average molecular weight is 244 g/mol. The maximum absolute atomic E-state index is 11.0. The van der Waals surface area contributed by atoms with Gasteiger partial charge in [0, 0.05) is 19.0 Å². The van der Waals surface area contributed by atoms with Crippen LogP contribution in [0.25, 0.3) is 11.6 Å². The van der Waals surface area contributed by atoms with Crippen molar-refractivity contribution in [3.63, 3.8) is 0 Å². The number of fused-ring (bicyclic) bond motifs is 1. The van der Waals surface area contributed by atoms with E-state index in [0.717, 1.165) is 11.5 Å². The summed E-state index contributed by atoms with van der Waals surface area (Å²) in [5.41, 5.74) is 1.44. The first kappa shape index (κ1) is 11.0. The lowest BCUT2D eigenvalue weighted by molar-refractivity contribution is -0.142. The third-order valence-corrected chi connectivity index (χ3v) is 3.17. The van der Waals surface area contributed by atoms with Gasteiger partial charge in [0.15, 0.2) is 0 Å². The molecule has 2 aromatic heterocycles. The molecule has 1 atom stereocenters. The van der Waals surface area contributed by atoms with Gasteiger partial charge in [-0.1, -0.05) is 6.07 Å². The first-order chi connectivity index (χ1) is 8.74. The molecule has 1 aliphatic rings. The molecule has 5 heteroatoms. The zero-order chi connectivity index (χ0) is 12.5. The van der Waals surface area contributed by atoms with E-state index in [1.807, 2.05) is 18.2 Å². The van der Waals surface area contributed by atoms with Crippen molar-refractivity contribution in [2.24, 2.45) is 5.92 Å². The zero-order valence-corrected chi connectivity index (χ0v) is 9.67. The third kappa shape index (κ3) is 1.88. The van der Waals surface area contributed by atoms with E-state index in [-0.39, 0.29) is 5.92 Å².